The fourth-order valence-electron chi connectivity index (χ4n) is 3.24. The maximum atomic E-state index is 12.9. The van der Waals surface area contributed by atoms with Crippen molar-refractivity contribution >= 4 is 29.1 Å². The lowest BCUT2D eigenvalue weighted by atomic mass is 10.0. The van der Waals surface area contributed by atoms with E-state index < -0.39 is 6.17 Å². The Bertz CT molecular complexity index is 848. The predicted molar refractivity (Wildman–Crippen MR) is 95.6 cm³/mol. The minimum absolute atomic E-state index is 0.0977. The average molecular weight is 362 g/mol. The van der Waals surface area contributed by atoms with Crippen molar-refractivity contribution in [1.29, 1.82) is 0 Å². The van der Waals surface area contributed by atoms with Gasteiger partial charge in [-0.25, -0.2) is 0 Å². The minimum atomic E-state index is -0.513. The quantitative estimate of drug-likeness (QED) is 0.903. The van der Waals surface area contributed by atoms with Crippen molar-refractivity contribution in [2.75, 3.05) is 25.5 Å². The maximum absolute atomic E-state index is 12.9. The molecule has 1 aliphatic heterocycles. The van der Waals surface area contributed by atoms with Gasteiger partial charge in [0.05, 0.1) is 29.1 Å². The van der Waals surface area contributed by atoms with E-state index in [1.54, 1.807) is 36.8 Å². The SMILES string of the molecule is CNC(=O)CN1c2ccccc2C(=O)N(C)[C@H]1c1c(C)nn(C)c1Cl. The highest BCUT2D eigenvalue weighted by molar-refractivity contribution is 6.30. The summed E-state index contributed by atoms with van der Waals surface area (Å²) < 4.78 is 1.57. The Morgan fingerprint density at radius 1 is 1.32 bits per heavy atom. The van der Waals surface area contributed by atoms with E-state index in [0.717, 1.165) is 11.3 Å². The van der Waals surface area contributed by atoms with Crippen molar-refractivity contribution in [2.24, 2.45) is 7.05 Å². The standard InChI is InChI=1S/C17H20ClN5O2/c1-10-14(15(18)22(4)20-10)16-21(3)17(25)11-7-5-6-8-12(11)23(16)9-13(24)19-2/h5-8,16H,9H2,1-4H3,(H,19,24)/t16-/m1/s1. The molecule has 0 bridgehead atoms. The first-order valence-corrected chi connectivity index (χ1v) is 8.27. The number of anilines is 1. The van der Waals surface area contributed by atoms with Gasteiger partial charge in [-0.15, -0.1) is 0 Å². The molecule has 1 aromatic carbocycles. The number of benzene rings is 1. The van der Waals surface area contributed by atoms with Crippen molar-refractivity contribution in [3.05, 3.63) is 46.2 Å². The van der Waals surface area contributed by atoms with E-state index in [-0.39, 0.29) is 18.4 Å². The number of nitrogens with zero attached hydrogens (tertiary/aromatic N) is 4. The van der Waals surface area contributed by atoms with Gasteiger partial charge in [-0.05, 0) is 19.1 Å². The van der Waals surface area contributed by atoms with Crippen LogP contribution in [-0.4, -0.2) is 47.1 Å². The molecule has 0 unspecified atom stereocenters. The third-order valence-corrected chi connectivity index (χ3v) is 4.92. The van der Waals surface area contributed by atoms with Crippen LogP contribution >= 0.6 is 11.6 Å². The molecule has 3 rings (SSSR count). The van der Waals surface area contributed by atoms with Crippen molar-refractivity contribution in [3.63, 3.8) is 0 Å². The van der Waals surface area contributed by atoms with Crippen LogP contribution in [-0.2, 0) is 11.8 Å². The number of aromatic nitrogens is 2. The van der Waals surface area contributed by atoms with Gasteiger partial charge < -0.3 is 15.1 Å². The molecule has 0 radical (unpaired) electrons. The number of halogens is 1. The molecule has 2 amide bonds. The number of carbonyl (C=O) groups is 2. The number of para-hydroxylation sites is 1. The molecule has 1 N–H and O–H groups in total. The van der Waals surface area contributed by atoms with E-state index in [4.69, 9.17) is 11.6 Å². The number of carbonyl (C=O) groups excluding carboxylic acids is 2. The predicted octanol–water partition coefficient (Wildman–Crippen LogP) is 1.72. The van der Waals surface area contributed by atoms with Gasteiger partial charge in [-0.2, -0.15) is 5.10 Å². The van der Waals surface area contributed by atoms with Gasteiger partial charge in [-0.1, -0.05) is 23.7 Å². The number of fused-ring (bicyclic) bond motifs is 1. The zero-order chi connectivity index (χ0) is 18.3. The number of hydrogen-bond acceptors (Lipinski definition) is 4. The molecule has 0 saturated carbocycles. The number of hydrogen-bond donors (Lipinski definition) is 1. The van der Waals surface area contributed by atoms with E-state index in [1.807, 2.05) is 30.0 Å². The lowest BCUT2D eigenvalue weighted by Crippen LogP contribution is -2.50. The van der Waals surface area contributed by atoms with Crippen LogP contribution in [0.25, 0.3) is 0 Å². The fourth-order valence-corrected chi connectivity index (χ4v) is 3.51. The van der Waals surface area contributed by atoms with Crippen molar-refractivity contribution < 1.29 is 9.59 Å². The number of nitrogens with one attached hydrogen (secondary N) is 1. The molecule has 1 aliphatic rings. The van der Waals surface area contributed by atoms with Gasteiger partial charge >= 0.3 is 0 Å². The Hall–Kier alpha value is -2.54. The van der Waals surface area contributed by atoms with Crippen LogP contribution in [0.4, 0.5) is 5.69 Å². The first-order chi connectivity index (χ1) is 11.9. The van der Waals surface area contributed by atoms with E-state index in [9.17, 15) is 9.59 Å². The molecule has 1 aromatic heterocycles. The second kappa shape index (κ2) is 6.40. The van der Waals surface area contributed by atoms with Crippen molar-refractivity contribution in [2.45, 2.75) is 13.1 Å². The zero-order valence-corrected chi connectivity index (χ0v) is 15.3. The summed E-state index contributed by atoms with van der Waals surface area (Å²) in [5.41, 5.74) is 2.71. The molecule has 1 atom stereocenters. The molecule has 0 saturated heterocycles. The lowest BCUT2D eigenvalue weighted by molar-refractivity contribution is -0.119. The van der Waals surface area contributed by atoms with Crippen molar-refractivity contribution in [1.82, 2.24) is 20.0 Å². The molecule has 0 aliphatic carbocycles. The highest BCUT2D eigenvalue weighted by Crippen LogP contribution is 2.40. The van der Waals surface area contributed by atoms with Crippen LogP contribution in [0.1, 0.15) is 27.8 Å². The van der Waals surface area contributed by atoms with Crippen LogP contribution < -0.4 is 10.2 Å². The largest absolute Gasteiger partial charge is 0.358 e. The fraction of sp³-hybridized carbons (Fsp3) is 0.353. The Balaban J connectivity index is 2.20. The van der Waals surface area contributed by atoms with Gasteiger partial charge in [0.2, 0.25) is 5.91 Å². The number of likely N-dealkylation sites (N-methyl/N-ethyl adjacent to an activating group) is 1. The Morgan fingerprint density at radius 3 is 2.60 bits per heavy atom. The van der Waals surface area contributed by atoms with E-state index in [1.165, 1.54) is 0 Å². The van der Waals surface area contributed by atoms with Gasteiger partial charge in [0.25, 0.3) is 5.91 Å². The molecule has 0 spiro atoms. The molecule has 132 valence electrons. The van der Waals surface area contributed by atoms with E-state index in [0.29, 0.717) is 16.4 Å². The summed E-state index contributed by atoms with van der Waals surface area (Å²) in [6.45, 7) is 1.94. The Kier molecular flexibility index (Phi) is 4.43. The first-order valence-electron chi connectivity index (χ1n) is 7.89. The monoisotopic (exact) mass is 361 g/mol. The molecule has 8 heteroatoms. The smallest absolute Gasteiger partial charge is 0.257 e. The third-order valence-electron chi connectivity index (χ3n) is 4.47. The summed E-state index contributed by atoms with van der Waals surface area (Å²) in [4.78, 5) is 28.5. The third kappa shape index (κ3) is 2.74. The summed E-state index contributed by atoms with van der Waals surface area (Å²) in [7, 11) is 5.05. The van der Waals surface area contributed by atoms with Crippen LogP contribution in [0, 0.1) is 6.92 Å². The molecule has 2 aromatic rings. The van der Waals surface area contributed by atoms with Crippen LogP contribution in [0.2, 0.25) is 5.15 Å². The van der Waals surface area contributed by atoms with E-state index in [2.05, 4.69) is 10.4 Å². The van der Waals surface area contributed by atoms with Crippen molar-refractivity contribution in [3.8, 4) is 0 Å². The highest BCUT2D eigenvalue weighted by Gasteiger charge is 2.40. The topological polar surface area (TPSA) is 70.5 Å². The normalized spacial score (nSPS) is 16.8. The number of rotatable bonds is 3. The number of amides is 2. The highest BCUT2D eigenvalue weighted by atomic mass is 35.5. The molecular formula is C17H20ClN5O2. The zero-order valence-electron chi connectivity index (χ0n) is 14.6. The second-order valence-electron chi connectivity index (χ2n) is 6.02. The second-order valence-corrected chi connectivity index (χ2v) is 6.38. The average Bonchev–Trinajstić information content (AvgIpc) is 2.85. The summed E-state index contributed by atoms with van der Waals surface area (Å²) in [6, 6.07) is 7.27. The molecular weight excluding hydrogens is 342 g/mol. The Morgan fingerprint density at radius 2 is 2.00 bits per heavy atom. The summed E-state index contributed by atoms with van der Waals surface area (Å²) in [5, 5.41) is 7.44. The van der Waals surface area contributed by atoms with Crippen LogP contribution in [0.5, 0.6) is 0 Å². The maximum Gasteiger partial charge on any atom is 0.257 e. The minimum Gasteiger partial charge on any atom is -0.358 e. The molecule has 2 heterocycles. The van der Waals surface area contributed by atoms with Gasteiger partial charge in [0.1, 0.15) is 11.3 Å². The van der Waals surface area contributed by atoms with Gasteiger partial charge in [0, 0.05) is 21.1 Å². The van der Waals surface area contributed by atoms with Crippen LogP contribution in [0.15, 0.2) is 24.3 Å². The van der Waals surface area contributed by atoms with Gasteiger partial charge in [0.15, 0.2) is 0 Å². The summed E-state index contributed by atoms with van der Waals surface area (Å²) in [5.74, 6) is -0.270. The van der Waals surface area contributed by atoms with Gasteiger partial charge in [-0.3, -0.25) is 14.3 Å². The molecule has 25 heavy (non-hydrogen) atoms. The molecule has 7 nitrogen and oxygen atoms in total. The lowest BCUT2D eigenvalue weighted by Gasteiger charge is -2.43. The number of aryl methyl sites for hydroxylation is 2. The van der Waals surface area contributed by atoms with E-state index >= 15 is 0 Å². The first kappa shape index (κ1) is 17.3. The molecule has 0 fully saturated rings. The Labute approximate surface area is 151 Å². The van der Waals surface area contributed by atoms with Crippen LogP contribution in [0.3, 0.4) is 0 Å². The summed E-state index contributed by atoms with van der Waals surface area (Å²) >= 11 is 6.46. The summed E-state index contributed by atoms with van der Waals surface area (Å²) in [6.07, 6.45) is -0.513.